The SMILES string of the molecule is COC1(C)C=CC(n2ccc(C(=O)Nc3cc4c(cc3N3CCOCC3)OC(C)(C)C4)n2)=CN1. The molecule has 1 aromatic carbocycles. The number of rotatable bonds is 5. The van der Waals surface area contributed by atoms with E-state index < -0.39 is 5.72 Å². The standard InChI is InChI=1S/C25H31N5O4/c1-24(2)15-17-13-20(21(14-22(17)34-24)29-9-11-33-12-10-29)27-23(31)19-6-8-30(28-19)18-5-7-25(3,32-4)26-16-18/h5-8,13-14,16,26H,9-12,15H2,1-4H3,(H,27,31). The van der Waals surface area contributed by atoms with Crippen molar-refractivity contribution < 1.29 is 19.0 Å². The number of aromatic nitrogens is 2. The predicted octanol–water partition coefficient (Wildman–Crippen LogP) is 3.01. The number of morpholine rings is 1. The molecule has 180 valence electrons. The Kier molecular flexibility index (Phi) is 5.61. The summed E-state index contributed by atoms with van der Waals surface area (Å²) in [6, 6.07) is 5.79. The second kappa shape index (κ2) is 8.48. The zero-order chi connectivity index (χ0) is 23.9. The zero-order valence-corrected chi connectivity index (χ0v) is 20.1. The van der Waals surface area contributed by atoms with Crippen LogP contribution >= 0.6 is 0 Å². The van der Waals surface area contributed by atoms with E-state index in [1.165, 1.54) is 0 Å². The first kappa shape index (κ1) is 22.5. The second-order valence-corrected chi connectivity index (χ2v) is 9.57. The normalized spacial score (nSPS) is 23.1. The second-order valence-electron chi connectivity index (χ2n) is 9.57. The van der Waals surface area contributed by atoms with Crippen molar-refractivity contribution in [2.45, 2.75) is 38.5 Å². The van der Waals surface area contributed by atoms with Crippen LogP contribution in [0.25, 0.3) is 5.70 Å². The number of amides is 1. The van der Waals surface area contributed by atoms with Crippen LogP contribution in [0.5, 0.6) is 5.75 Å². The van der Waals surface area contributed by atoms with Crippen LogP contribution in [-0.2, 0) is 15.9 Å². The lowest BCUT2D eigenvalue weighted by molar-refractivity contribution is 0.0299. The average molecular weight is 466 g/mol. The molecule has 9 heteroatoms. The summed E-state index contributed by atoms with van der Waals surface area (Å²) in [6.45, 7) is 8.89. The van der Waals surface area contributed by atoms with E-state index in [1.54, 1.807) is 24.1 Å². The van der Waals surface area contributed by atoms with E-state index in [4.69, 9.17) is 14.2 Å². The van der Waals surface area contributed by atoms with Gasteiger partial charge >= 0.3 is 0 Å². The molecule has 4 heterocycles. The highest BCUT2D eigenvalue weighted by atomic mass is 16.5. The molecule has 1 amide bonds. The number of ether oxygens (including phenoxy) is 3. The predicted molar refractivity (Wildman–Crippen MR) is 130 cm³/mol. The fourth-order valence-electron chi connectivity index (χ4n) is 4.41. The summed E-state index contributed by atoms with van der Waals surface area (Å²) in [4.78, 5) is 15.4. The van der Waals surface area contributed by atoms with Crippen molar-refractivity contribution >= 4 is 23.0 Å². The maximum atomic E-state index is 13.2. The number of nitrogens with one attached hydrogen (secondary N) is 2. The molecule has 0 saturated carbocycles. The molecule has 2 aromatic rings. The number of allylic oxidation sites excluding steroid dienone is 2. The highest BCUT2D eigenvalue weighted by molar-refractivity contribution is 6.05. The summed E-state index contributed by atoms with van der Waals surface area (Å²) in [7, 11) is 1.64. The number of hydrogen-bond donors (Lipinski definition) is 2. The molecule has 0 aliphatic carbocycles. The van der Waals surface area contributed by atoms with Crippen molar-refractivity contribution in [1.82, 2.24) is 15.1 Å². The van der Waals surface area contributed by atoms with Gasteiger partial charge in [0.25, 0.3) is 5.91 Å². The Morgan fingerprint density at radius 3 is 2.74 bits per heavy atom. The van der Waals surface area contributed by atoms with Crippen molar-refractivity contribution in [3.8, 4) is 5.75 Å². The van der Waals surface area contributed by atoms with E-state index in [0.717, 1.165) is 47.9 Å². The lowest BCUT2D eigenvalue weighted by Crippen LogP contribution is -2.40. The molecular weight excluding hydrogens is 434 g/mol. The zero-order valence-electron chi connectivity index (χ0n) is 20.1. The smallest absolute Gasteiger partial charge is 0.276 e. The molecule has 1 saturated heterocycles. The van der Waals surface area contributed by atoms with E-state index >= 15 is 0 Å². The highest BCUT2D eigenvalue weighted by Crippen LogP contribution is 2.42. The lowest BCUT2D eigenvalue weighted by atomic mass is 10.0. The number of dihydropyridines is 1. The minimum atomic E-state index is -0.557. The Balaban J connectivity index is 1.38. The average Bonchev–Trinajstić information content (AvgIpc) is 3.43. The third-order valence-corrected chi connectivity index (χ3v) is 6.37. The molecule has 5 rings (SSSR count). The van der Waals surface area contributed by atoms with Crippen LogP contribution in [0.15, 0.2) is 42.7 Å². The molecule has 1 unspecified atom stereocenters. The molecule has 3 aliphatic heterocycles. The van der Waals surface area contributed by atoms with Gasteiger partial charge in [0.2, 0.25) is 0 Å². The van der Waals surface area contributed by atoms with Gasteiger partial charge in [-0.1, -0.05) is 0 Å². The summed E-state index contributed by atoms with van der Waals surface area (Å²) < 4.78 is 18.8. The van der Waals surface area contributed by atoms with Gasteiger partial charge in [-0.3, -0.25) is 4.79 Å². The molecule has 0 bridgehead atoms. The molecule has 2 N–H and O–H groups in total. The van der Waals surface area contributed by atoms with Crippen molar-refractivity contribution in [2.75, 3.05) is 43.6 Å². The maximum absolute atomic E-state index is 13.2. The first-order valence-electron chi connectivity index (χ1n) is 11.5. The van der Waals surface area contributed by atoms with Gasteiger partial charge in [-0.25, -0.2) is 4.68 Å². The van der Waals surface area contributed by atoms with Crippen LogP contribution in [-0.4, -0.2) is 60.4 Å². The largest absolute Gasteiger partial charge is 0.487 e. The van der Waals surface area contributed by atoms with Gasteiger partial charge in [-0.2, -0.15) is 5.10 Å². The van der Waals surface area contributed by atoms with E-state index in [9.17, 15) is 4.79 Å². The minimum Gasteiger partial charge on any atom is -0.487 e. The van der Waals surface area contributed by atoms with E-state index in [2.05, 4.69) is 34.5 Å². The number of fused-ring (bicyclic) bond motifs is 1. The molecule has 1 fully saturated rings. The summed E-state index contributed by atoms with van der Waals surface area (Å²) >= 11 is 0. The molecule has 3 aliphatic rings. The van der Waals surface area contributed by atoms with Crippen LogP contribution in [0.2, 0.25) is 0 Å². The Morgan fingerprint density at radius 1 is 1.24 bits per heavy atom. The number of carbonyl (C=O) groups excluding carboxylic acids is 1. The third-order valence-electron chi connectivity index (χ3n) is 6.37. The summed E-state index contributed by atoms with van der Waals surface area (Å²) in [5, 5.41) is 10.8. The van der Waals surface area contributed by atoms with Crippen LogP contribution in [0.4, 0.5) is 11.4 Å². The molecular formula is C25H31N5O4. The van der Waals surface area contributed by atoms with Gasteiger partial charge < -0.3 is 29.7 Å². The number of benzene rings is 1. The van der Waals surface area contributed by atoms with Gasteiger partial charge in [0.05, 0.1) is 30.3 Å². The molecule has 0 spiro atoms. The van der Waals surface area contributed by atoms with E-state index in [-0.39, 0.29) is 11.5 Å². The van der Waals surface area contributed by atoms with Crippen LogP contribution in [0.1, 0.15) is 36.8 Å². The van der Waals surface area contributed by atoms with Gasteiger partial charge in [0.1, 0.15) is 11.4 Å². The highest BCUT2D eigenvalue weighted by Gasteiger charge is 2.32. The Bertz CT molecular complexity index is 1160. The number of methoxy groups -OCH3 is 1. The fourth-order valence-corrected chi connectivity index (χ4v) is 4.41. The Morgan fingerprint density at radius 2 is 2.03 bits per heavy atom. The van der Waals surface area contributed by atoms with Gasteiger partial charge in [0, 0.05) is 50.6 Å². The van der Waals surface area contributed by atoms with Crippen LogP contribution in [0, 0.1) is 0 Å². The van der Waals surface area contributed by atoms with Gasteiger partial charge in [-0.05, 0) is 45.1 Å². The summed E-state index contributed by atoms with van der Waals surface area (Å²) in [6.07, 6.45) is 8.19. The number of nitrogens with zero attached hydrogens (tertiary/aromatic N) is 3. The van der Waals surface area contributed by atoms with Crippen molar-refractivity contribution in [2.24, 2.45) is 0 Å². The van der Waals surface area contributed by atoms with Crippen molar-refractivity contribution in [3.63, 3.8) is 0 Å². The minimum absolute atomic E-state index is 0.263. The summed E-state index contributed by atoms with van der Waals surface area (Å²) in [5.74, 6) is 0.613. The van der Waals surface area contributed by atoms with Crippen LogP contribution < -0.4 is 20.3 Å². The van der Waals surface area contributed by atoms with Crippen LogP contribution in [0.3, 0.4) is 0 Å². The fraction of sp³-hybridized carbons (Fsp3) is 0.440. The first-order valence-corrected chi connectivity index (χ1v) is 11.5. The Hall–Kier alpha value is -3.30. The number of anilines is 2. The van der Waals surface area contributed by atoms with Gasteiger partial charge in [0.15, 0.2) is 11.4 Å². The quantitative estimate of drug-likeness (QED) is 0.702. The maximum Gasteiger partial charge on any atom is 0.276 e. The van der Waals surface area contributed by atoms with Gasteiger partial charge in [-0.15, -0.1) is 0 Å². The summed E-state index contributed by atoms with van der Waals surface area (Å²) in [5.41, 5.74) is 3.11. The molecule has 9 nitrogen and oxygen atoms in total. The molecule has 1 atom stereocenters. The molecule has 1 aromatic heterocycles. The van der Waals surface area contributed by atoms with Crippen molar-refractivity contribution in [1.29, 1.82) is 0 Å². The molecule has 34 heavy (non-hydrogen) atoms. The topological polar surface area (TPSA) is 89.9 Å². The lowest BCUT2D eigenvalue weighted by Gasteiger charge is -2.31. The van der Waals surface area contributed by atoms with Crippen molar-refractivity contribution in [3.05, 3.63) is 54.0 Å². The Labute approximate surface area is 199 Å². The first-order chi connectivity index (χ1) is 16.3. The van der Waals surface area contributed by atoms with E-state index in [1.807, 2.05) is 37.4 Å². The third kappa shape index (κ3) is 4.41. The monoisotopic (exact) mass is 465 g/mol. The van der Waals surface area contributed by atoms with E-state index in [0.29, 0.717) is 18.9 Å². The number of carbonyl (C=O) groups is 1. The number of hydrogen-bond acceptors (Lipinski definition) is 7. The molecule has 0 radical (unpaired) electrons.